The van der Waals surface area contributed by atoms with E-state index in [-0.39, 0.29) is 18.0 Å². The van der Waals surface area contributed by atoms with E-state index in [0.717, 1.165) is 12.8 Å². The van der Waals surface area contributed by atoms with Crippen molar-refractivity contribution in [2.24, 2.45) is 5.92 Å². The summed E-state index contributed by atoms with van der Waals surface area (Å²) in [6.45, 7) is 0.260. The SMILES string of the molecule is O=C(CC1C=CCC1)NCc1cc(C(=O)O)ccn1. The first-order chi connectivity index (χ1) is 9.15. The Morgan fingerprint density at radius 1 is 1.47 bits per heavy atom. The van der Waals surface area contributed by atoms with Gasteiger partial charge >= 0.3 is 5.97 Å². The van der Waals surface area contributed by atoms with Gasteiger partial charge in [0.1, 0.15) is 0 Å². The summed E-state index contributed by atoms with van der Waals surface area (Å²) in [7, 11) is 0. The van der Waals surface area contributed by atoms with Crippen molar-refractivity contribution in [1.82, 2.24) is 10.3 Å². The van der Waals surface area contributed by atoms with Crippen LogP contribution < -0.4 is 5.32 Å². The Bertz CT molecular complexity index is 511. The van der Waals surface area contributed by atoms with Crippen LogP contribution in [0.25, 0.3) is 0 Å². The Hall–Kier alpha value is -2.17. The van der Waals surface area contributed by atoms with Crippen molar-refractivity contribution < 1.29 is 14.7 Å². The van der Waals surface area contributed by atoms with Crippen LogP contribution in [0.1, 0.15) is 35.3 Å². The minimum Gasteiger partial charge on any atom is -0.478 e. The lowest BCUT2D eigenvalue weighted by Gasteiger charge is -2.08. The molecule has 5 nitrogen and oxygen atoms in total. The summed E-state index contributed by atoms with van der Waals surface area (Å²) in [4.78, 5) is 26.5. The first-order valence-electron chi connectivity index (χ1n) is 6.27. The molecule has 19 heavy (non-hydrogen) atoms. The Kier molecular flexibility index (Phi) is 4.28. The number of amides is 1. The zero-order chi connectivity index (χ0) is 13.7. The van der Waals surface area contributed by atoms with Gasteiger partial charge in [0.25, 0.3) is 0 Å². The van der Waals surface area contributed by atoms with Gasteiger partial charge in [-0.3, -0.25) is 9.78 Å². The third-order valence-corrected chi connectivity index (χ3v) is 3.09. The molecule has 2 N–H and O–H groups in total. The third-order valence-electron chi connectivity index (χ3n) is 3.09. The van der Waals surface area contributed by atoms with Crippen LogP contribution in [0.2, 0.25) is 0 Å². The first-order valence-corrected chi connectivity index (χ1v) is 6.27. The van der Waals surface area contributed by atoms with Crippen LogP contribution in [0.3, 0.4) is 0 Å². The molecule has 1 heterocycles. The number of aromatic nitrogens is 1. The molecule has 1 atom stereocenters. The Morgan fingerprint density at radius 2 is 2.32 bits per heavy atom. The average Bonchev–Trinajstić information content (AvgIpc) is 2.89. The summed E-state index contributed by atoms with van der Waals surface area (Å²) in [5, 5.41) is 11.6. The van der Waals surface area contributed by atoms with E-state index in [9.17, 15) is 9.59 Å². The van der Waals surface area contributed by atoms with Crippen LogP contribution in [-0.4, -0.2) is 22.0 Å². The van der Waals surface area contributed by atoms with Crippen molar-refractivity contribution >= 4 is 11.9 Å². The van der Waals surface area contributed by atoms with Crippen molar-refractivity contribution in [2.45, 2.75) is 25.8 Å². The minimum absolute atomic E-state index is 0.0286. The molecule has 0 bridgehead atoms. The van der Waals surface area contributed by atoms with E-state index in [2.05, 4.69) is 22.5 Å². The minimum atomic E-state index is -0.994. The number of hydrogen-bond acceptors (Lipinski definition) is 3. The highest BCUT2D eigenvalue weighted by molar-refractivity contribution is 5.87. The fourth-order valence-electron chi connectivity index (χ4n) is 2.07. The number of aromatic carboxylic acids is 1. The van der Waals surface area contributed by atoms with Gasteiger partial charge in [-0.15, -0.1) is 0 Å². The number of carboxylic acids is 1. The van der Waals surface area contributed by atoms with Crippen LogP contribution in [-0.2, 0) is 11.3 Å². The molecule has 0 spiro atoms. The standard InChI is InChI=1S/C14H16N2O3/c17-13(7-10-3-1-2-4-10)16-9-12-8-11(14(18)19)5-6-15-12/h1,3,5-6,8,10H,2,4,7,9H2,(H,16,17)(H,18,19). The Labute approximate surface area is 111 Å². The maximum Gasteiger partial charge on any atom is 0.335 e. The summed E-state index contributed by atoms with van der Waals surface area (Å²) >= 11 is 0. The normalized spacial score (nSPS) is 17.4. The number of allylic oxidation sites excluding steroid dienone is 2. The molecule has 1 amide bonds. The molecule has 1 aromatic heterocycles. The summed E-state index contributed by atoms with van der Waals surface area (Å²) in [5.74, 6) is -0.691. The Morgan fingerprint density at radius 3 is 3.00 bits per heavy atom. The average molecular weight is 260 g/mol. The van der Waals surface area contributed by atoms with Gasteiger partial charge in [0, 0.05) is 12.6 Å². The van der Waals surface area contributed by atoms with Crippen LogP contribution >= 0.6 is 0 Å². The number of carboxylic acid groups (broad SMARTS) is 1. The number of nitrogens with one attached hydrogen (secondary N) is 1. The highest BCUT2D eigenvalue weighted by Crippen LogP contribution is 2.19. The molecular formula is C14H16N2O3. The van der Waals surface area contributed by atoms with Crippen LogP contribution in [0.15, 0.2) is 30.5 Å². The fourth-order valence-corrected chi connectivity index (χ4v) is 2.07. The van der Waals surface area contributed by atoms with Gasteiger partial charge in [-0.05, 0) is 30.9 Å². The van der Waals surface area contributed by atoms with E-state index >= 15 is 0 Å². The monoisotopic (exact) mass is 260 g/mol. The number of carbonyl (C=O) groups is 2. The molecule has 100 valence electrons. The lowest BCUT2D eigenvalue weighted by molar-refractivity contribution is -0.121. The topological polar surface area (TPSA) is 79.3 Å². The van der Waals surface area contributed by atoms with Crippen molar-refractivity contribution in [3.05, 3.63) is 41.7 Å². The molecule has 0 fully saturated rings. The van der Waals surface area contributed by atoms with Gasteiger partial charge in [0.15, 0.2) is 0 Å². The van der Waals surface area contributed by atoms with Gasteiger partial charge in [-0.2, -0.15) is 0 Å². The zero-order valence-electron chi connectivity index (χ0n) is 10.5. The summed E-state index contributed by atoms with van der Waals surface area (Å²) < 4.78 is 0. The van der Waals surface area contributed by atoms with E-state index in [1.165, 1.54) is 18.3 Å². The Balaban J connectivity index is 1.84. The van der Waals surface area contributed by atoms with Gasteiger partial charge < -0.3 is 10.4 Å². The van der Waals surface area contributed by atoms with Crippen molar-refractivity contribution in [2.75, 3.05) is 0 Å². The molecule has 0 aromatic carbocycles. The largest absolute Gasteiger partial charge is 0.478 e. The predicted molar refractivity (Wildman–Crippen MR) is 69.5 cm³/mol. The lowest BCUT2D eigenvalue weighted by atomic mass is 10.1. The highest BCUT2D eigenvalue weighted by Gasteiger charge is 2.14. The van der Waals surface area contributed by atoms with Gasteiger partial charge in [-0.25, -0.2) is 4.79 Å². The molecule has 1 unspecified atom stereocenters. The number of nitrogens with zero attached hydrogens (tertiary/aromatic N) is 1. The first kappa shape index (κ1) is 13.3. The van der Waals surface area contributed by atoms with E-state index in [1.54, 1.807) is 0 Å². The lowest BCUT2D eigenvalue weighted by Crippen LogP contribution is -2.25. The number of pyridine rings is 1. The third kappa shape index (κ3) is 3.91. The molecule has 1 aliphatic rings. The van der Waals surface area contributed by atoms with Crippen LogP contribution in [0.4, 0.5) is 0 Å². The van der Waals surface area contributed by atoms with E-state index in [1.807, 2.05) is 0 Å². The molecular weight excluding hydrogens is 244 g/mol. The number of rotatable bonds is 5. The second-order valence-corrected chi connectivity index (χ2v) is 4.59. The number of carbonyl (C=O) groups excluding carboxylic acids is 1. The van der Waals surface area contributed by atoms with E-state index < -0.39 is 5.97 Å². The summed E-state index contributed by atoms with van der Waals surface area (Å²) in [5.41, 5.74) is 0.730. The molecule has 1 aromatic rings. The highest BCUT2D eigenvalue weighted by atomic mass is 16.4. The van der Waals surface area contributed by atoms with Crippen molar-refractivity contribution in [3.8, 4) is 0 Å². The molecule has 0 saturated heterocycles. The smallest absolute Gasteiger partial charge is 0.335 e. The van der Waals surface area contributed by atoms with Crippen LogP contribution in [0.5, 0.6) is 0 Å². The van der Waals surface area contributed by atoms with E-state index in [0.29, 0.717) is 18.0 Å². The van der Waals surface area contributed by atoms with Gasteiger partial charge in [0.2, 0.25) is 5.91 Å². The predicted octanol–water partition coefficient (Wildman–Crippen LogP) is 1.75. The fraction of sp³-hybridized carbons (Fsp3) is 0.357. The molecule has 2 rings (SSSR count). The molecule has 0 aliphatic heterocycles. The maximum atomic E-state index is 11.7. The molecule has 1 aliphatic carbocycles. The second kappa shape index (κ2) is 6.13. The number of hydrogen-bond donors (Lipinski definition) is 2. The summed E-state index contributed by atoms with van der Waals surface area (Å²) in [6, 6.07) is 2.90. The van der Waals surface area contributed by atoms with Crippen molar-refractivity contribution in [1.29, 1.82) is 0 Å². The van der Waals surface area contributed by atoms with Gasteiger partial charge in [-0.1, -0.05) is 12.2 Å². The second-order valence-electron chi connectivity index (χ2n) is 4.59. The molecule has 0 radical (unpaired) electrons. The zero-order valence-corrected chi connectivity index (χ0v) is 10.5. The van der Waals surface area contributed by atoms with E-state index in [4.69, 9.17) is 5.11 Å². The maximum absolute atomic E-state index is 11.7. The molecule has 0 saturated carbocycles. The van der Waals surface area contributed by atoms with Gasteiger partial charge in [0.05, 0.1) is 17.8 Å². The molecule has 5 heteroatoms. The van der Waals surface area contributed by atoms with Crippen LogP contribution in [0, 0.1) is 5.92 Å². The quantitative estimate of drug-likeness (QED) is 0.790. The van der Waals surface area contributed by atoms with Crippen molar-refractivity contribution in [3.63, 3.8) is 0 Å². The summed E-state index contributed by atoms with van der Waals surface area (Å²) in [6.07, 6.45) is 8.15.